The normalized spacial score (nSPS) is 12.6. The third kappa shape index (κ3) is 8.78. The number of amides is 2. The van der Waals surface area contributed by atoms with Gasteiger partial charge in [-0.2, -0.15) is 0 Å². The third-order valence-electron chi connectivity index (χ3n) is 6.65. The van der Waals surface area contributed by atoms with Gasteiger partial charge in [0.05, 0.1) is 5.75 Å². The molecular weight excluding hydrogens is 476 g/mol. The van der Waals surface area contributed by atoms with Crippen molar-refractivity contribution in [2.45, 2.75) is 71.8 Å². The minimum atomic E-state index is -0.592. The van der Waals surface area contributed by atoms with Crippen LogP contribution in [0.15, 0.2) is 72.8 Å². The lowest BCUT2D eigenvalue weighted by molar-refractivity contribution is -0.139. The largest absolute Gasteiger partial charge is 0.352 e. The smallest absolute Gasteiger partial charge is 0.243 e. The number of thioether (sulfide) groups is 1. The Balaban J connectivity index is 1.87. The number of nitrogens with zero attached hydrogens (tertiary/aromatic N) is 1. The average Bonchev–Trinajstić information content (AvgIpc) is 2.87. The van der Waals surface area contributed by atoms with Crippen molar-refractivity contribution in [2.24, 2.45) is 0 Å². The fourth-order valence-corrected chi connectivity index (χ4v) is 5.30. The number of aryl methyl sites for hydroxylation is 3. The molecular formula is C32H40N2O2S. The first-order valence-corrected chi connectivity index (χ1v) is 14.3. The van der Waals surface area contributed by atoms with Crippen molar-refractivity contribution in [3.63, 3.8) is 0 Å². The summed E-state index contributed by atoms with van der Waals surface area (Å²) in [5, 5.41) is 3.14. The lowest BCUT2D eigenvalue weighted by Crippen LogP contribution is -2.52. The van der Waals surface area contributed by atoms with Crippen molar-refractivity contribution < 1.29 is 9.59 Å². The van der Waals surface area contributed by atoms with E-state index in [0.717, 1.165) is 28.9 Å². The Morgan fingerprint density at radius 1 is 0.892 bits per heavy atom. The summed E-state index contributed by atoms with van der Waals surface area (Å²) < 4.78 is 0. The SMILES string of the molecule is CC[C@@H](C)NC(=O)[C@@H](Cc1ccccc1)N(Cc1ccccc1C)C(=O)CSCc1cc(C)cc(C)c1. The molecule has 196 valence electrons. The lowest BCUT2D eigenvalue weighted by atomic mass is 10.0. The van der Waals surface area contributed by atoms with E-state index in [9.17, 15) is 9.59 Å². The molecule has 1 N–H and O–H groups in total. The topological polar surface area (TPSA) is 49.4 Å². The van der Waals surface area contributed by atoms with Crippen LogP contribution in [0.25, 0.3) is 0 Å². The summed E-state index contributed by atoms with van der Waals surface area (Å²) >= 11 is 1.61. The van der Waals surface area contributed by atoms with Gasteiger partial charge in [0.15, 0.2) is 0 Å². The molecule has 3 aromatic carbocycles. The maximum Gasteiger partial charge on any atom is 0.243 e. The Labute approximate surface area is 226 Å². The zero-order chi connectivity index (χ0) is 26.8. The van der Waals surface area contributed by atoms with Crippen LogP contribution in [0.4, 0.5) is 0 Å². The van der Waals surface area contributed by atoms with Crippen LogP contribution in [0.3, 0.4) is 0 Å². The van der Waals surface area contributed by atoms with Crippen LogP contribution in [0, 0.1) is 20.8 Å². The highest BCUT2D eigenvalue weighted by molar-refractivity contribution is 7.99. The molecule has 2 amide bonds. The van der Waals surface area contributed by atoms with Crippen LogP contribution in [-0.2, 0) is 28.3 Å². The molecule has 0 saturated carbocycles. The first kappa shape index (κ1) is 28.5. The highest BCUT2D eigenvalue weighted by Crippen LogP contribution is 2.21. The van der Waals surface area contributed by atoms with Gasteiger partial charge < -0.3 is 10.2 Å². The Morgan fingerprint density at radius 2 is 1.54 bits per heavy atom. The summed E-state index contributed by atoms with van der Waals surface area (Å²) in [5.41, 5.74) is 6.89. The molecule has 0 saturated heterocycles. The van der Waals surface area contributed by atoms with Gasteiger partial charge in [0.1, 0.15) is 6.04 Å². The van der Waals surface area contributed by atoms with Crippen LogP contribution in [0.1, 0.15) is 53.6 Å². The number of carbonyl (C=O) groups is 2. The predicted octanol–water partition coefficient (Wildman–Crippen LogP) is 6.40. The Kier molecular flexibility index (Phi) is 10.8. The fraction of sp³-hybridized carbons (Fsp3) is 0.375. The molecule has 0 spiro atoms. The van der Waals surface area contributed by atoms with Crippen LogP contribution >= 0.6 is 11.8 Å². The molecule has 0 heterocycles. The van der Waals surface area contributed by atoms with E-state index in [1.165, 1.54) is 16.7 Å². The standard InChI is InChI=1S/C32H40N2O2S/c1-6-26(5)33-32(36)30(19-27-13-8-7-9-14-27)34(20-29-15-11-10-12-25(29)4)31(35)22-37-21-28-17-23(2)16-24(3)18-28/h7-18,26,30H,6,19-22H2,1-5H3,(H,33,36)/t26-,30-/m1/s1. The van der Waals surface area contributed by atoms with Crippen molar-refractivity contribution in [3.05, 3.63) is 106 Å². The second-order valence-corrected chi connectivity index (χ2v) is 10.9. The van der Waals surface area contributed by atoms with Crippen molar-refractivity contribution in [1.82, 2.24) is 10.2 Å². The van der Waals surface area contributed by atoms with Gasteiger partial charge in [-0.15, -0.1) is 11.8 Å². The summed E-state index contributed by atoms with van der Waals surface area (Å²) in [6.45, 7) is 10.7. The van der Waals surface area contributed by atoms with E-state index >= 15 is 0 Å². The number of carbonyl (C=O) groups excluding carboxylic acids is 2. The number of hydrogen-bond acceptors (Lipinski definition) is 3. The highest BCUT2D eigenvalue weighted by Gasteiger charge is 2.31. The number of benzene rings is 3. The predicted molar refractivity (Wildman–Crippen MR) is 156 cm³/mol. The molecule has 5 heteroatoms. The van der Waals surface area contributed by atoms with Crippen LogP contribution in [-0.4, -0.2) is 34.6 Å². The van der Waals surface area contributed by atoms with Gasteiger partial charge in [-0.1, -0.05) is 90.8 Å². The Bertz CT molecular complexity index is 1160. The average molecular weight is 517 g/mol. The van der Waals surface area contributed by atoms with Crippen molar-refractivity contribution in [1.29, 1.82) is 0 Å². The zero-order valence-corrected chi connectivity index (χ0v) is 23.6. The highest BCUT2D eigenvalue weighted by atomic mass is 32.2. The molecule has 37 heavy (non-hydrogen) atoms. The van der Waals surface area contributed by atoms with E-state index in [1.54, 1.807) is 16.7 Å². The maximum atomic E-state index is 13.8. The van der Waals surface area contributed by atoms with E-state index in [0.29, 0.717) is 18.7 Å². The van der Waals surface area contributed by atoms with Gasteiger partial charge in [0.2, 0.25) is 11.8 Å². The summed E-state index contributed by atoms with van der Waals surface area (Å²) in [6.07, 6.45) is 1.31. The minimum absolute atomic E-state index is 0.0159. The zero-order valence-electron chi connectivity index (χ0n) is 22.8. The van der Waals surface area contributed by atoms with Gasteiger partial charge in [-0.3, -0.25) is 9.59 Å². The summed E-state index contributed by atoms with van der Waals surface area (Å²) in [7, 11) is 0. The van der Waals surface area contributed by atoms with Gasteiger partial charge >= 0.3 is 0 Å². The quantitative estimate of drug-likeness (QED) is 0.303. The first-order valence-electron chi connectivity index (χ1n) is 13.1. The minimum Gasteiger partial charge on any atom is -0.352 e. The molecule has 2 atom stereocenters. The summed E-state index contributed by atoms with van der Waals surface area (Å²) in [4.78, 5) is 29.2. The number of rotatable bonds is 12. The maximum absolute atomic E-state index is 13.8. The van der Waals surface area contributed by atoms with Crippen LogP contribution < -0.4 is 5.32 Å². The molecule has 0 radical (unpaired) electrons. The third-order valence-corrected chi connectivity index (χ3v) is 7.64. The monoisotopic (exact) mass is 516 g/mol. The molecule has 4 nitrogen and oxygen atoms in total. The van der Waals surface area contributed by atoms with Crippen molar-refractivity contribution >= 4 is 23.6 Å². The molecule has 3 aromatic rings. The van der Waals surface area contributed by atoms with Gasteiger partial charge in [-0.25, -0.2) is 0 Å². The van der Waals surface area contributed by atoms with Crippen molar-refractivity contribution in [2.75, 3.05) is 5.75 Å². The lowest BCUT2D eigenvalue weighted by Gasteiger charge is -2.32. The number of hydrogen-bond donors (Lipinski definition) is 1. The van der Waals surface area contributed by atoms with E-state index in [1.807, 2.05) is 55.5 Å². The fourth-order valence-electron chi connectivity index (χ4n) is 4.46. The molecule has 0 aromatic heterocycles. The van der Waals surface area contributed by atoms with Gasteiger partial charge in [0.25, 0.3) is 0 Å². The van der Waals surface area contributed by atoms with E-state index < -0.39 is 6.04 Å². The molecule has 0 unspecified atom stereocenters. The van der Waals surface area contributed by atoms with Gasteiger partial charge in [-0.05, 0) is 56.4 Å². The molecule has 0 aliphatic carbocycles. The van der Waals surface area contributed by atoms with Crippen LogP contribution in [0.2, 0.25) is 0 Å². The molecule has 0 fully saturated rings. The summed E-state index contributed by atoms with van der Waals surface area (Å²) in [6, 6.07) is 24.0. The second kappa shape index (κ2) is 14.0. The number of nitrogens with one attached hydrogen (secondary N) is 1. The van der Waals surface area contributed by atoms with Gasteiger partial charge in [0, 0.05) is 24.8 Å². The molecule has 0 aliphatic rings. The second-order valence-electron chi connectivity index (χ2n) is 9.96. The van der Waals surface area contributed by atoms with E-state index in [-0.39, 0.29) is 17.9 Å². The molecule has 3 rings (SSSR count). The van der Waals surface area contributed by atoms with Crippen LogP contribution in [0.5, 0.6) is 0 Å². The molecule has 0 aliphatic heterocycles. The molecule has 0 bridgehead atoms. The Morgan fingerprint density at radius 3 is 2.19 bits per heavy atom. The first-order chi connectivity index (χ1) is 17.8. The Hall–Kier alpha value is -3.05. The van der Waals surface area contributed by atoms with E-state index in [4.69, 9.17) is 0 Å². The summed E-state index contributed by atoms with van der Waals surface area (Å²) in [5.74, 6) is 0.965. The van der Waals surface area contributed by atoms with E-state index in [2.05, 4.69) is 57.3 Å². The van der Waals surface area contributed by atoms with Crippen molar-refractivity contribution in [3.8, 4) is 0 Å².